The van der Waals surface area contributed by atoms with Gasteiger partial charge in [-0.2, -0.15) is 0 Å². The van der Waals surface area contributed by atoms with Crippen LogP contribution in [0.25, 0.3) is 0 Å². The molecule has 9 heteroatoms. The molecule has 2 heterocycles. The molecule has 0 radical (unpaired) electrons. The molecular weight excluding hydrogens is 418 g/mol. The molecule has 2 saturated heterocycles. The third-order valence-electron chi connectivity index (χ3n) is 6.17. The van der Waals surface area contributed by atoms with Gasteiger partial charge >= 0.3 is 6.03 Å². The summed E-state index contributed by atoms with van der Waals surface area (Å²) < 4.78 is 30.3. The van der Waals surface area contributed by atoms with Crippen LogP contribution in [-0.2, 0) is 0 Å². The Kier molecular flexibility index (Phi) is 9.08. The average molecular weight is 453 g/mol. The molecule has 7 nitrogen and oxygen atoms in total. The lowest BCUT2D eigenvalue weighted by molar-refractivity contribution is 0.0939. The fourth-order valence-corrected chi connectivity index (χ4v) is 4.28. The van der Waals surface area contributed by atoms with E-state index >= 15 is 0 Å². The van der Waals surface area contributed by atoms with Gasteiger partial charge in [-0.1, -0.05) is 0 Å². The molecule has 178 valence electrons. The maximum Gasteiger partial charge on any atom is 0.317 e. The van der Waals surface area contributed by atoms with Crippen molar-refractivity contribution in [2.24, 2.45) is 5.92 Å². The molecule has 2 aliphatic rings. The maximum atomic E-state index is 12.5. The monoisotopic (exact) mass is 452 g/mol. The van der Waals surface area contributed by atoms with Crippen LogP contribution in [-0.4, -0.2) is 68.6 Å². The van der Waals surface area contributed by atoms with Crippen molar-refractivity contribution in [2.45, 2.75) is 51.5 Å². The number of aryl methyl sites for hydroxylation is 1. The van der Waals surface area contributed by atoms with Gasteiger partial charge in [0.05, 0.1) is 13.2 Å². The molecule has 32 heavy (non-hydrogen) atoms. The molecule has 2 fully saturated rings. The summed E-state index contributed by atoms with van der Waals surface area (Å²) in [7, 11) is 0. The second kappa shape index (κ2) is 12.0. The highest BCUT2D eigenvalue weighted by molar-refractivity contribution is 5.96. The highest BCUT2D eigenvalue weighted by Gasteiger charge is 2.23. The Morgan fingerprint density at radius 3 is 2.69 bits per heavy atom. The molecule has 3 rings (SSSR count). The van der Waals surface area contributed by atoms with Crippen molar-refractivity contribution in [3.63, 3.8) is 0 Å². The molecule has 0 aliphatic carbocycles. The Morgan fingerprint density at radius 1 is 1.25 bits per heavy atom. The van der Waals surface area contributed by atoms with Gasteiger partial charge in [0.1, 0.15) is 5.75 Å². The van der Waals surface area contributed by atoms with E-state index in [1.165, 1.54) is 0 Å². The molecule has 1 aromatic rings. The Morgan fingerprint density at radius 2 is 2.03 bits per heavy atom. The molecule has 1 aromatic carbocycles. The SMILES string of the molecule is Cc1cc(OCCCC2CCN(C(=O)NCC(F)F)CC2)ccc1C(=O)NC1CCNC1. The van der Waals surface area contributed by atoms with Crippen molar-refractivity contribution in [3.05, 3.63) is 29.3 Å². The van der Waals surface area contributed by atoms with E-state index in [1.54, 1.807) is 4.90 Å². The molecule has 2 aliphatic heterocycles. The second-order valence-corrected chi connectivity index (χ2v) is 8.64. The van der Waals surface area contributed by atoms with Gasteiger partial charge in [0.15, 0.2) is 0 Å². The lowest BCUT2D eigenvalue weighted by Gasteiger charge is -2.32. The summed E-state index contributed by atoms with van der Waals surface area (Å²) in [5, 5.41) is 8.56. The molecule has 0 aromatic heterocycles. The number of halogens is 2. The van der Waals surface area contributed by atoms with Crippen molar-refractivity contribution >= 4 is 11.9 Å². The standard InChI is InChI=1S/C23H34F2N4O3/c1-16-13-19(4-5-20(16)22(30)28-18-6-9-26-14-18)32-12-2-3-17-7-10-29(11-8-17)23(31)27-15-21(24)25/h4-5,13,17-18,21,26H,2-3,6-12,14-15H2,1H3,(H,27,31)(H,28,30). The number of piperidine rings is 1. The number of ether oxygens (including phenoxy) is 1. The molecule has 3 N–H and O–H groups in total. The van der Waals surface area contributed by atoms with Crippen LogP contribution in [0.3, 0.4) is 0 Å². The first-order valence-corrected chi connectivity index (χ1v) is 11.5. The van der Waals surface area contributed by atoms with E-state index in [1.807, 2.05) is 25.1 Å². The second-order valence-electron chi connectivity index (χ2n) is 8.64. The summed E-state index contributed by atoms with van der Waals surface area (Å²) in [6, 6.07) is 5.34. The number of hydrogen-bond acceptors (Lipinski definition) is 4. The number of urea groups is 1. The summed E-state index contributed by atoms with van der Waals surface area (Å²) in [4.78, 5) is 25.9. The topological polar surface area (TPSA) is 82.7 Å². The van der Waals surface area contributed by atoms with Crippen molar-refractivity contribution in [1.82, 2.24) is 20.9 Å². The first-order valence-electron chi connectivity index (χ1n) is 11.5. The minimum absolute atomic E-state index is 0.0445. The van der Waals surface area contributed by atoms with Crippen LogP contribution < -0.4 is 20.7 Å². The van der Waals surface area contributed by atoms with Crippen molar-refractivity contribution in [1.29, 1.82) is 0 Å². The number of nitrogens with zero attached hydrogens (tertiary/aromatic N) is 1. The van der Waals surface area contributed by atoms with Gasteiger partial charge in [-0.25, -0.2) is 13.6 Å². The Balaban J connectivity index is 1.33. The Bertz CT molecular complexity index is 764. The van der Waals surface area contributed by atoms with E-state index < -0.39 is 19.0 Å². The molecule has 0 bridgehead atoms. The maximum absolute atomic E-state index is 12.5. The van der Waals surface area contributed by atoms with E-state index in [0.29, 0.717) is 31.2 Å². The minimum atomic E-state index is -2.52. The number of rotatable bonds is 9. The van der Waals surface area contributed by atoms with Gasteiger partial charge < -0.3 is 25.6 Å². The van der Waals surface area contributed by atoms with Gasteiger partial charge in [-0.15, -0.1) is 0 Å². The van der Waals surface area contributed by atoms with Crippen LogP contribution in [0, 0.1) is 12.8 Å². The third-order valence-corrected chi connectivity index (χ3v) is 6.17. The first kappa shape index (κ1) is 24.2. The third kappa shape index (κ3) is 7.32. The van der Waals surface area contributed by atoms with Gasteiger partial charge in [-0.3, -0.25) is 4.79 Å². The number of carbonyl (C=O) groups excluding carboxylic acids is 2. The number of hydrogen-bond donors (Lipinski definition) is 3. The molecule has 0 saturated carbocycles. The highest BCUT2D eigenvalue weighted by atomic mass is 19.3. The normalized spacial score (nSPS) is 19.2. The zero-order valence-corrected chi connectivity index (χ0v) is 18.7. The summed E-state index contributed by atoms with van der Waals surface area (Å²) in [6.07, 6.45) is 2.09. The zero-order chi connectivity index (χ0) is 22.9. The molecular formula is C23H34F2N4O3. The average Bonchev–Trinajstić information content (AvgIpc) is 3.28. The van der Waals surface area contributed by atoms with E-state index in [4.69, 9.17) is 4.74 Å². The molecule has 0 spiro atoms. The number of nitrogens with one attached hydrogen (secondary N) is 3. The van der Waals surface area contributed by atoms with Crippen molar-refractivity contribution in [3.8, 4) is 5.75 Å². The van der Waals surface area contributed by atoms with Crippen molar-refractivity contribution in [2.75, 3.05) is 39.3 Å². The molecule has 1 unspecified atom stereocenters. The number of carbonyl (C=O) groups is 2. The number of amides is 3. The first-order chi connectivity index (χ1) is 15.4. The lowest BCUT2D eigenvalue weighted by Crippen LogP contribution is -2.45. The summed E-state index contributed by atoms with van der Waals surface area (Å²) in [6.45, 7) is 4.86. The van der Waals surface area contributed by atoms with Crippen LogP contribution in [0.2, 0.25) is 0 Å². The number of benzene rings is 1. The highest BCUT2D eigenvalue weighted by Crippen LogP contribution is 2.23. The van der Waals surface area contributed by atoms with E-state index in [2.05, 4.69) is 16.0 Å². The Hall–Kier alpha value is -2.42. The minimum Gasteiger partial charge on any atom is -0.494 e. The lowest BCUT2D eigenvalue weighted by atomic mass is 9.92. The zero-order valence-electron chi connectivity index (χ0n) is 18.7. The van der Waals surface area contributed by atoms with Crippen LogP contribution in [0.4, 0.5) is 13.6 Å². The predicted octanol–water partition coefficient (Wildman–Crippen LogP) is 2.93. The number of alkyl halides is 2. The quantitative estimate of drug-likeness (QED) is 0.503. The van der Waals surface area contributed by atoms with Crippen LogP contribution >= 0.6 is 0 Å². The summed E-state index contributed by atoms with van der Waals surface area (Å²) >= 11 is 0. The van der Waals surface area contributed by atoms with E-state index in [0.717, 1.165) is 56.5 Å². The van der Waals surface area contributed by atoms with Crippen LogP contribution in [0.5, 0.6) is 5.75 Å². The summed E-state index contributed by atoms with van der Waals surface area (Å²) in [5.41, 5.74) is 1.57. The fraction of sp³-hybridized carbons (Fsp3) is 0.652. The van der Waals surface area contributed by atoms with E-state index in [-0.39, 0.29) is 11.9 Å². The smallest absolute Gasteiger partial charge is 0.317 e. The van der Waals surface area contributed by atoms with Crippen LogP contribution in [0.15, 0.2) is 18.2 Å². The van der Waals surface area contributed by atoms with Crippen molar-refractivity contribution < 1.29 is 23.1 Å². The van der Waals surface area contributed by atoms with Crippen LogP contribution in [0.1, 0.15) is 48.0 Å². The molecule has 1 atom stereocenters. The van der Waals surface area contributed by atoms with Gasteiger partial charge in [0.25, 0.3) is 12.3 Å². The molecule has 3 amide bonds. The van der Waals surface area contributed by atoms with E-state index in [9.17, 15) is 18.4 Å². The largest absolute Gasteiger partial charge is 0.494 e. The van der Waals surface area contributed by atoms with Gasteiger partial charge in [-0.05, 0) is 75.3 Å². The Labute approximate surface area is 188 Å². The predicted molar refractivity (Wildman–Crippen MR) is 118 cm³/mol. The number of likely N-dealkylation sites (tertiary alicyclic amines) is 1. The summed E-state index contributed by atoms with van der Waals surface area (Å²) in [5.74, 6) is 1.22. The fourth-order valence-electron chi connectivity index (χ4n) is 4.28. The van der Waals surface area contributed by atoms with Gasteiger partial charge in [0.2, 0.25) is 0 Å². The van der Waals surface area contributed by atoms with Gasteiger partial charge in [0, 0.05) is 31.2 Å².